The van der Waals surface area contributed by atoms with Crippen LogP contribution in [0, 0.1) is 0 Å². The van der Waals surface area contributed by atoms with E-state index in [1.165, 1.54) is 11.2 Å². The number of nitrogens with one attached hydrogen (secondary N) is 1. The third-order valence-corrected chi connectivity index (χ3v) is 2.36. The first kappa shape index (κ1) is 11.3. The van der Waals surface area contributed by atoms with Gasteiger partial charge in [0.2, 0.25) is 0 Å². The molecule has 0 spiro atoms. The SMILES string of the molecule is FC(F)(F)CON1C=CC=C2NC=C(Br)N21. The Morgan fingerprint density at radius 3 is 2.88 bits per heavy atom. The lowest BCUT2D eigenvalue weighted by molar-refractivity contribution is -0.283. The van der Waals surface area contributed by atoms with E-state index in [1.54, 1.807) is 18.4 Å². The first-order valence-corrected chi connectivity index (χ1v) is 5.06. The van der Waals surface area contributed by atoms with Crippen molar-refractivity contribution in [2.75, 3.05) is 6.61 Å². The van der Waals surface area contributed by atoms with Gasteiger partial charge in [-0.2, -0.15) is 18.3 Å². The summed E-state index contributed by atoms with van der Waals surface area (Å²) in [7, 11) is 0. The van der Waals surface area contributed by atoms with Crippen molar-refractivity contribution in [1.29, 1.82) is 0 Å². The van der Waals surface area contributed by atoms with E-state index in [1.807, 2.05) is 0 Å². The Balaban J connectivity index is 2.03. The van der Waals surface area contributed by atoms with Crippen molar-refractivity contribution in [3.05, 3.63) is 35.0 Å². The number of rotatable bonds is 2. The summed E-state index contributed by atoms with van der Waals surface area (Å²) in [4.78, 5) is 4.63. The quantitative estimate of drug-likeness (QED) is 0.791. The van der Waals surface area contributed by atoms with Gasteiger partial charge in [0, 0.05) is 6.20 Å². The molecule has 0 unspecified atom stereocenters. The Morgan fingerprint density at radius 2 is 2.19 bits per heavy atom. The van der Waals surface area contributed by atoms with Crippen molar-refractivity contribution in [3.8, 4) is 0 Å². The number of allylic oxidation sites excluding steroid dienone is 2. The molecule has 8 heteroatoms. The summed E-state index contributed by atoms with van der Waals surface area (Å²) in [6, 6.07) is 0. The van der Waals surface area contributed by atoms with Crippen LogP contribution >= 0.6 is 15.9 Å². The summed E-state index contributed by atoms with van der Waals surface area (Å²) in [5.74, 6) is 0.608. The molecule has 2 heterocycles. The summed E-state index contributed by atoms with van der Waals surface area (Å²) >= 11 is 3.19. The summed E-state index contributed by atoms with van der Waals surface area (Å²) in [5, 5.41) is 5.29. The average molecular weight is 298 g/mol. The first-order chi connectivity index (χ1) is 7.47. The number of hydrogen-bond donors (Lipinski definition) is 1. The second-order valence-corrected chi connectivity index (χ2v) is 3.82. The van der Waals surface area contributed by atoms with Crippen LogP contribution in [0.25, 0.3) is 0 Å². The van der Waals surface area contributed by atoms with Crippen LogP contribution < -0.4 is 5.32 Å². The van der Waals surface area contributed by atoms with E-state index in [0.717, 1.165) is 5.17 Å². The molecule has 0 saturated heterocycles. The number of fused-ring (bicyclic) bond motifs is 1. The lowest BCUT2D eigenvalue weighted by atomic mass is 10.5. The first-order valence-electron chi connectivity index (χ1n) is 4.27. The van der Waals surface area contributed by atoms with Gasteiger partial charge in [0.15, 0.2) is 6.61 Å². The van der Waals surface area contributed by atoms with Crippen LogP contribution in [-0.2, 0) is 4.84 Å². The van der Waals surface area contributed by atoms with Gasteiger partial charge < -0.3 is 5.32 Å². The highest BCUT2D eigenvalue weighted by Gasteiger charge is 2.32. The molecule has 2 aliphatic rings. The Morgan fingerprint density at radius 1 is 1.44 bits per heavy atom. The zero-order valence-corrected chi connectivity index (χ0v) is 9.42. The molecule has 0 aliphatic carbocycles. The minimum Gasteiger partial charge on any atom is -0.344 e. The topological polar surface area (TPSA) is 27.7 Å². The summed E-state index contributed by atoms with van der Waals surface area (Å²) < 4.78 is 36.6. The van der Waals surface area contributed by atoms with Gasteiger partial charge in [-0.1, -0.05) is 0 Å². The zero-order chi connectivity index (χ0) is 11.8. The van der Waals surface area contributed by atoms with Gasteiger partial charge in [-0.05, 0) is 28.1 Å². The van der Waals surface area contributed by atoms with E-state index in [0.29, 0.717) is 10.4 Å². The van der Waals surface area contributed by atoms with Crippen molar-refractivity contribution < 1.29 is 18.0 Å². The number of alkyl halides is 3. The third-order valence-electron chi connectivity index (χ3n) is 1.79. The summed E-state index contributed by atoms with van der Waals surface area (Å²) in [5.41, 5.74) is 0. The van der Waals surface area contributed by atoms with E-state index in [4.69, 9.17) is 0 Å². The van der Waals surface area contributed by atoms with Crippen LogP contribution in [0.3, 0.4) is 0 Å². The molecular weight excluding hydrogens is 291 g/mol. The average Bonchev–Trinajstić information content (AvgIpc) is 2.57. The standard InChI is InChI=1S/C8H7BrF3N3O/c9-6-4-13-7-2-1-3-14(15(6)7)16-5-8(10,11)12/h1-4,13H,5H2. The monoisotopic (exact) mass is 297 g/mol. The fourth-order valence-electron chi connectivity index (χ4n) is 1.20. The second kappa shape index (κ2) is 4.02. The Hall–Kier alpha value is -1.15. The molecule has 0 bridgehead atoms. The Kier molecular flexibility index (Phi) is 2.85. The molecular formula is C8H7BrF3N3O. The van der Waals surface area contributed by atoms with Gasteiger partial charge in [-0.15, -0.1) is 0 Å². The van der Waals surface area contributed by atoms with Crippen molar-refractivity contribution in [2.24, 2.45) is 0 Å². The molecule has 4 nitrogen and oxygen atoms in total. The zero-order valence-electron chi connectivity index (χ0n) is 7.83. The molecule has 0 aromatic heterocycles. The smallest absolute Gasteiger partial charge is 0.344 e. The fraction of sp³-hybridized carbons (Fsp3) is 0.250. The molecule has 0 saturated carbocycles. The maximum absolute atomic E-state index is 12.0. The van der Waals surface area contributed by atoms with Gasteiger partial charge in [0.1, 0.15) is 10.4 Å². The highest BCUT2D eigenvalue weighted by atomic mass is 79.9. The van der Waals surface area contributed by atoms with E-state index in [9.17, 15) is 13.2 Å². The van der Waals surface area contributed by atoms with Gasteiger partial charge in [0.05, 0.1) is 6.20 Å². The van der Waals surface area contributed by atoms with Gasteiger partial charge in [-0.25, -0.2) is 9.85 Å². The minimum absolute atomic E-state index is 0.560. The molecule has 0 aromatic carbocycles. The largest absolute Gasteiger partial charge is 0.414 e. The normalized spacial score (nSPS) is 19.2. The lowest BCUT2D eigenvalue weighted by Crippen LogP contribution is -2.39. The predicted molar refractivity (Wildman–Crippen MR) is 53.1 cm³/mol. The molecule has 0 amide bonds. The van der Waals surface area contributed by atoms with Crippen LogP contribution in [0.4, 0.5) is 13.2 Å². The number of hydroxylamine groups is 1. The van der Waals surface area contributed by atoms with Crippen molar-refractivity contribution >= 4 is 15.9 Å². The summed E-state index contributed by atoms with van der Waals surface area (Å²) in [6.07, 6.45) is 1.91. The number of nitrogens with zero attached hydrogens (tertiary/aromatic N) is 2. The lowest BCUT2D eigenvalue weighted by Gasteiger charge is -2.33. The molecule has 0 radical (unpaired) electrons. The fourth-order valence-corrected chi connectivity index (χ4v) is 1.67. The number of hydrazine groups is 1. The molecule has 16 heavy (non-hydrogen) atoms. The third kappa shape index (κ3) is 2.33. The van der Waals surface area contributed by atoms with Crippen molar-refractivity contribution in [1.82, 2.24) is 15.5 Å². The highest BCUT2D eigenvalue weighted by molar-refractivity contribution is 9.11. The molecule has 2 rings (SSSR count). The highest BCUT2D eigenvalue weighted by Crippen LogP contribution is 2.28. The van der Waals surface area contributed by atoms with Gasteiger partial charge in [-0.3, -0.25) is 0 Å². The Bertz CT molecular complexity index is 377. The van der Waals surface area contributed by atoms with Crippen LogP contribution in [0.15, 0.2) is 35.0 Å². The van der Waals surface area contributed by atoms with E-state index >= 15 is 0 Å². The van der Waals surface area contributed by atoms with E-state index in [-0.39, 0.29) is 0 Å². The predicted octanol–water partition coefficient (Wildman–Crippen LogP) is 2.17. The molecule has 0 fully saturated rings. The second-order valence-electron chi connectivity index (χ2n) is 3.01. The molecule has 1 N–H and O–H groups in total. The number of halogens is 4. The molecule has 2 aliphatic heterocycles. The maximum atomic E-state index is 12.0. The van der Waals surface area contributed by atoms with Crippen molar-refractivity contribution in [2.45, 2.75) is 6.18 Å². The van der Waals surface area contributed by atoms with Crippen LogP contribution in [0.2, 0.25) is 0 Å². The Labute approximate surface area is 97.7 Å². The number of hydrogen-bond acceptors (Lipinski definition) is 4. The molecule has 88 valence electrons. The minimum atomic E-state index is -4.36. The van der Waals surface area contributed by atoms with Gasteiger partial charge >= 0.3 is 6.18 Å². The van der Waals surface area contributed by atoms with Crippen LogP contribution in [0.5, 0.6) is 0 Å². The van der Waals surface area contributed by atoms with Crippen molar-refractivity contribution in [3.63, 3.8) is 0 Å². The summed E-state index contributed by atoms with van der Waals surface area (Å²) in [6.45, 7) is -1.35. The van der Waals surface area contributed by atoms with Crippen LogP contribution in [0.1, 0.15) is 0 Å². The molecule has 0 aromatic rings. The van der Waals surface area contributed by atoms with E-state index in [2.05, 4.69) is 26.1 Å². The van der Waals surface area contributed by atoms with Gasteiger partial charge in [0.25, 0.3) is 0 Å². The maximum Gasteiger partial charge on any atom is 0.414 e. The van der Waals surface area contributed by atoms with E-state index < -0.39 is 12.8 Å². The van der Waals surface area contributed by atoms with Crippen LogP contribution in [-0.4, -0.2) is 23.0 Å². The molecule has 0 atom stereocenters.